The molecule has 3 rings (SSSR count). The van der Waals surface area contributed by atoms with E-state index in [9.17, 15) is 5.11 Å². The first-order valence-electron chi connectivity index (χ1n) is 9.43. The van der Waals surface area contributed by atoms with Crippen molar-refractivity contribution < 1.29 is 5.11 Å². The quantitative estimate of drug-likeness (QED) is 0.845. The molecule has 0 amide bonds. The van der Waals surface area contributed by atoms with Crippen molar-refractivity contribution in [3.8, 4) is 0 Å². The highest BCUT2D eigenvalue weighted by Gasteiger charge is 2.55. The SMILES string of the molecule is CC(C)C1(O)[C@H](C)[C@H](c2ccccc2)N(C)[C@@H](c2ccccc2)[C@H]1C. The summed E-state index contributed by atoms with van der Waals surface area (Å²) in [7, 11) is 2.21. The van der Waals surface area contributed by atoms with Gasteiger partial charge in [0.1, 0.15) is 0 Å². The first kappa shape index (κ1) is 18.2. The second-order valence-corrected chi connectivity index (χ2v) is 8.00. The molecular weight excluding hydrogens is 306 g/mol. The lowest BCUT2D eigenvalue weighted by Crippen LogP contribution is -2.60. The third-order valence-corrected chi connectivity index (χ3v) is 6.49. The van der Waals surface area contributed by atoms with E-state index in [1.165, 1.54) is 11.1 Å². The molecule has 2 nitrogen and oxygen atoms in total. The van der Waals surface area contributed by atoms with Crippen molar-refractivity contribution in [3.05, 3.63) is 71.8 Å². The van der Waals surface area contributed by atoms with E-state index in [-0.39, 0.29) is 29.8 Å². The number of piperidine rings is 1. The van der Waals surface area contributed by atoms with Gasteiger partial charge < -0.3 is 5.11 Å². The molecule has 2 aromatic carbocycles. The third kappa shape index (κ3) is 2.92. The molecule has 1 aliphatic heterocycles. The normalized spacial score (nSPS) is 33.6. The van der Waals surface area contributed by atoms with Crippen LogP contribution in [0.2, 0.25) is 0 Å². The first-order chi connectivity index (χ1) is 11.9. The highest BCUT2D eigenvalue weighted by molar-refractivity contribution is 5.28. The maximum atomic E-state index is 11.8. The van der Waals surface area contributed by atoms with E-state index in [1.54, 1.807) is 0 Å². The van der Waals surface area contributed by atoms with Crippen LogP contribution >= 0.6 is 0 Å². The van der Waals surface area contributed by atoms with Crippen molar-refractivity contribution in [2.75, 3.05) is 7.05 Å². The summed E-state index contributed by atoms with van der Waals surface area (Å²) < 4.78 is 0. The smallest absolute Gasteiger partial charge is 0.0757 e. The van der Waals surface area contributed by atoms with E-state index >= 15 is 0 Å². The van der Waals surface area contributed by atoms with Crippen molar-refractivity contribution >= 4 is 0 Å². The molecule has 1 heterocycles. The molecule has 1 N–H and O–H groups in total. The zero-order valence-electron chi connectivity index (χ0n) is 16.1. The zero-order chi connectivity index (χ0) is 18.2. The Morgan fingerprint density at radius 1 is 0.800 bits per heavy atom. The maximum Gasteiger partial charge on any atom is 0.0757 e. The number of likely N-dealkylation sites (tertiary alicyclic amines) is 1. The van der Waals surface area contributed by atoms with Crippen molar-refractivity contribution in [1.29, 1.82) is 0 Å². The van der Waals surface area contributed by atoms with Gasteiger partial charge in [0.05, 0.1) is 5.60 Å². The van der Waals surface area contributed by atoms with Crippen LogP contribution in [0.1, 0.15) is 50.9 Å². The molecule has 1 saturated heterocycles. The summed E-state index contributed by atoms with van der Waals surface area (Å²) >= 11 is 0. The van der Waals surface area contributed by atoms with Gasteiger partial charge in [-0.3, -0.25) is 4.90 Å². The van der Waals surface area contributed by atoms with Crippen molar-refractivity contribution in [1.82, 2.24) is 4.90 Å². The van der Waals surface area contributed by atoms with Gasteiger partial charge >= 0.3 is 0 Å². The van der Waals surface area contributed by atoms with Crippen molar-refractivity contribution in [2.24, 2.45) is 17.8 Å². The molecular formula is C23H31NO. The standard InChI is InChI=1S/C23H31NO/c1-16(2)23(25)17(3)21(19-12-8-6-9-13-19)24(5)22(18(23)4)20-14-10-7-11-15-20/h6-18,21-22,25H,1-5H3/t17-,18-,21-,22-/m1/s1. The molecule has 0 spiro atoms. The molecule has 1 aliphatic rings. The minimum absolute atomic E-state index is 0.148. The van der Waals surface area contributed by atoms with Crippen LogP contribution in [0.15, 0.2) is 60.7 Å². The van der Waals surface area contributed by atoms with Gasteiger partial charge in [-0.1, -0.05) is 88.4 Å². The molecule has 0 unspecified atom stereocenters. The monoisotopic (exact) mass is 337 g/mol. The average molecular weight is 338 g/mol. The van der Waals surface area contributed by atoms with E-state index < -0.39 is 5.60 Å². The Morgan fingerprint density at radius 3 is 1.48 bits per heavy atom. The summed E-state index contributed by atoms with van der Waals surface area (Å²) in [6.07, 6.45) is 0. The lowest BCUT2D eigenvalue weighted by molar-refractivity contribution is -0.179. The molecule has 2 heteroatoms. The van der Waals surface area contributed by atoms with Gasteiger partial charge in [0.2, 0.25) is 0 Å². The van der Waals surface area contributed by atoms with Gasteiger partial charge in [0.25, 0.3) is 0 Å². The molecule has 4 atom stereocenters. The second-order valence-electron chi connectivity index (χ2n) is 8.00. The Hall–Kier alpha value is -1.64. The highest BCUT2D eigenvalue weighted by Crippen LogP contribution is 2.54. The predicted molar refractivity (Wildman–Crippen MR) is 104 cm³/mol. The van der Waals surface area contributed by atoms with E-state index in [1.807, 2.05) is 0 Å². The number of rotatable bonds is 3. The van der Waals surface area contributed by atoms with Crippen LogP contribution in [-0.4, -0.2) is 22.7 Å². The fourth-order valence-corrected chi connectivity index (χ4v) is 5.20. The lowest BCUT2D eigenvalue weighted by atomic mass is 9.61. The van der Waals surface area contributed by atoms with Crippen LogP contribution in [0.25, 0.3) is 0 Å². The Kier molecular flexibility index (Phi) is 5.04. The predicted octanol–water partition coefficient (Wildman–Crippen LogP) is 5.07. The molecule has 0 aromatic heterocycles. The second kappa shape index (κ2) is 6.93. The highest BCUT2D eigenvalue weighted by atomic mass is 16.3. The van der Waals surface area contributed by atoms with Gasteiger partial charge in [-0.25, -0.2) is 0 Å². The van der Waals surface area contributed by atoms with Gasteiger partial charge in [-0.05, 0) is 24.1 Å². The summed E-state index contributed by atoms with van der Waals surface area (Å²) in [5, 5.41) is 11.8. The first-order valence-corrected chi connectivity index (χ1v) is 9.43. The Morgan fingerprint density at radius 2 is 1.16 bits per heavy atom. The topological polar surface area (TPSA) is 23.5 Å². The van der Waals surface area contributed by atoms with Crippen LogP contribution in [0, 0.1) is 17.8 Å². The molecule has 1 fully saturated rings. The van der Waals surface area contributed by atoms with E-state index in [2.05, 4.69) is 100 Å². The molecule has 0 aliphatic carbocycles. The molecule has 25 heavy (non-hydrogen) atoms. The van der Waals surface area contributed by atoms with Crippen LogP contribution in [-0.2, 0) is 0 Å². The van der Waals surface area contributed by atoms with Gasteiger partial charge in [-0.2, -0.15) is 0 Å². The summed E-state index contributed by atoms with van der Waals surface area (Å²) in [5.74, 6) is 0.494. The summed E-state index contributed by atoms with van der Waals surface area (Å²) in [6.45, 7) is 8.74. The number of nitrogens with zero attached hydrogens (tertiary/aromatic N) is 1. The number of aliphatic hydroxyl groups is 1. The third-order valence-electron chi connectivity index (χ3n) is 6.49. The number of benzene rings is 2. The lowest BCUT2D eigenvalue weighted by Gasteiger charge is -2.58. The van der Waals surface area contributed by atoms with Crippen LogP contribution in [0.4, 0.5) is 0 Å². The van der Waals surface area contributed by atoms with Gasteiger partial charge in [0, 0.05) is 23.9 Å². The zero-order valence-corrected chi connectivity index (χ0v) is 16.1. The Balaban J connectivity index is 2.13. The molecule has 134 valence electrons. The average Bonchev–Trinajstić information content (AvgIpc) is 2.62. The maximum absolute atomic E-state index is 11.8. The van der Waals surface area contributed by atoms with Crippen LogP contribution < -0.4 is 0 Å². The van der Waals surface area contributed by atoms with Crippen molar-refractivity contribution in [3.63, 3.8) is 0 Å². The Labute approximate surface area is 152 Å². The van der Waals surface area contributed by atoms with Crippen LogP contribution in [0.5, 0.6) is 0 Å². The van der Waals surface area contributed by atoms with E-state index in [0.717, 1.165) is 0 Å². The van der Waals surface area contributed by atoms with Gasteiger partial charge in [-0.15, -0.1) is 0 Å². The fourth-order valence-electron chi connectivity index (χ4n) is 5.20. The Bertz CT molecular complexity index is 628. The summed E-state index contributed by atoms with van der Waals surface area (Å²) in [4.78, 5) is 2.47. The summed E-state index contributed by atoms with van der Waals surface area (Å²) in [6, 6.07) is 21.6. The van der Waals surface area contributed by atoms with Crippen molar-refractivity contribution in [2.45, 2.75) is 45.4 Å². The van der Waals surface area contributed by atoms with Crippen LogP contribution in [0.3, 0.4) is 0 Å². The molecule has 0 radical (unpaired) electrons. The number of hydrogen-bond acceptors (Lipinski definition) is 2. The van der Waals surface area contributed by atoms with E-state index in [4.69, 9.17) is 0 Å². The molecule has 0 bridgehead atoms. The molecule has 0 saturated carbocycles. The minimum Gasteiger partial charge on any atom is -0.389 e. The van der Waals surface area contributed by atoms with Gasteiger partial charge in [0.15, 0.2) is 0 Å². The fraction of sp³-hybridized carbons (Fsp3) is 0.478. The molecule has 2 aromatic rings. The minimum atomic E-state index is -0.715. The number of hydrogen-bond donors (Lipinski definition) is 1. The summed E-state index contributed by atoms with van der Waals surface area (Å²) in [5.41, 5.74) is 1.85. The van der Waals surface area contributed by atoms with E-state index in [0.29, 0.717) is 0 Å². The largest absolute Gasteiger partial charge is 0.389 e.